The SMILES string of the molecule is C=CC1CC1C(=O)OCC.CC.CC1CCN(C(=O)OC(C)(C)C)C1C(N)=O.COc1ccc2c(=O)cc(-c3nc(C(C)C)cs3)[nH]c2c1C. The van der Waals surface area contributed by atoms with Crippen LogP contribution in [0.25, 0.3) is 21.6 Å². The second-order valence-electron chi connectivity index (χ2n) is 13.4. The summed E-state index contributed by atoms with van der Waals surface area (Å²) in [6.45, 7) is 23.9. The fraction of sp³-hybridized carbons (Fsp3) is 0.553. The van der Waals surface area contributed by atoms with Gasteiger partial charge in [0.25, 0.3) is 0 Å². The number of methoxy groups -OCH3 is 1. The molecule has 276 valence electrons. The highest BCUT2D eigenvalue weighted by Crippen LogP contribution is 2.40. The number of thiazole rings is 1. The number of allylic oxidation sites excluding steroid dienone is 1. The van der Waals surface area contributed by atoms with Crippen LogP contribution in [0.15, 0.2) is 41.0 Å². The summed E-state index contributed by atoms with van der Waals surface area (Å²) in [7, 11) is 1.63. The third kappa shape index (κ3) is 11.2. The molecule has 1 saturated carbocycles. The van der Waals surface area contributed by atoms with E-state index in [9.17, 15) is 19.2 Å². The van der Waals surface area contributed by atoms with Crippen LogP contribution in [-0.2, 0) is 19.1 Å². The Kier molecular flexibility index (Phi) is 15.7. The van der Waals surface area contributed by atoms with Crippen molar-refractivity contribution in [1.82, 2.24) is 14.9 Å². The average Bonchev–Trinajstić information content (AvgIpc) is 3.48. The lowest BCUT2D eigenvalue weighted by atomic mass is 10.0. The number of pyridine rings is 1. The zero-order valence-electron chi connectivity index (χ0n) is 31.5. The van der Waals surface area contributed by atoms with Gasteiger partial charge in [0.1, 0.15) is 22.4 Å². The first-order valence-electron chi connectivity index (χ1n) is 17.3. The molecule has 4 unspecified atom stereocenters. The fourth-order valence-electron chi connectivity index (χ4n) is 5.35. The van der Waals surface area contributed by atoms with E-state index in [0.29, 0.717) is 30.4 Å². The molecule has 2 amide bonds. The molecule has 1 aliphatic heterocycles. The zero-order chi connectivity index (χ0) is 37.9. The second-order valence-corrected chi connectivity index (χ2v) is 14.2. The summed E-state index contributed by atoms with van der Waals surface area (Å²) >= 11 is 1.55. The number of rotatable bonds is 7. The smallest absolute Gasteiger partial charge is 0.410 e. The van der Waals surface area contributed by atoms with Gasteiger partial charge in [0.05, 0.1) is 36.5 Å². The van der Waals surface area contributed by atoms with E-state index in [2.05, 4.69) is 30.4 Å². The van der Waals surface area contributed by atoms with Crippen molar-refractivity contribution >= 4 is 40.2 Å². The molecule has 3 aromatic rings. The third-order valence-corrected chi connectivity index (χ3v) is 9.03. The van der Waals surface area contributed by atoms with Gasteiger partial charge in [0, 0.05) is 28.9 Å². The van der Waals surface area contributed by atoms with Gasteiger partial charge in [-0.05, 0) is 77.3 Å². The summed E-state index contributed by atoms with van der Waals surface area (Å²) in [5, 5.41) is 3.55. The van der Waals surface area contributed by atoms with Crippen molar-refractivity contribution in [2.24, 2.45) is 23.5 Å². The van der Waals surface area contributed by atoms with Gasteiger partial charge in [-0.1, -0.05) is 40.7 Å². The number of carbonyl (C=O) groups excluding carboxylic acids is 3. The number of H-pyrrole nitrogens is 1. The molecule has 5 rings (SSSR count). The second kappa shape index (κ2) is 18.7. The summed E-state index contributed by atoms with van der Waals surface area (Å²) in [6.07, 6.45) is 3.08. The Morgan fingerprint density at radius 3 is 2.38 bits per heavy atom. The van der Waals surface area contributed by atoms with Crippen LogP contribution in [0.4, 0.5) is 4.79 Å². The molecule has 2 fully saturated rings. The van der Waals surface area contributed by atoms with Crippen molar-refractivity contribution in [2.75, 3.05) is 20.3 Å². The van der Waals surface area contributed by atoms with E-state index in [1.807, 2.05) is 52.1 Å². The van der Waals surface area contributed by atoms with Crippen molar-refractivity contribution in [3.8, 4) is 16.5 Å². The number of hydrogen-bond acceptors (Lipinski definition) is 9. The van der Waals surface area contributed by atoms with Gasteiger partial charge in [0.15, 0.2) is 5.43 Å². The maximum Gasteiger partial charge on any atom is 0.410 e. The van der Waals surface area contributed by atoms with E-state index in [1.54, 1.807) is 51.4 Å². The molecule has 4 atom stereocenters. The van der Waals surface area contributed by atoms with Crippen molar-refractivity contribution in [2.45, 2.75) is 99.6 Å². The van der Waals surface area contributed by atoms with E-state index in [-0.39, 0.29) is 23.2 Å². The molecule has 11 nitrogen and oxygen atoms in total. The first kappa shape index (κ1) is 42.0. The number of aromatic nitrogens is 2. The Labute approximate surface area is 300 Å². The number of aryl methyl sites for hydroxylation is 1. The number of nitrogens with zero attached hydrogens (tertiary/aromatic N) is 2. The quantitative estimate of drug-likeness (QED) is 0.188. The molecule has 3 N–H and O–H groups in total. The molecular weight excluding hydrogens is 657 g/mol. The summed E-state index contributed by atoms with van der Waals surface area (Å²) < 4.78 is 15.4. The highest BCUT2D eigenvalue weighted by molar-refractivity contribution is 7.13. The number of hydrogen-bond donors (Lipinski definition) is 2. The Hall–Kier alpha value is -4.19. The van der Waals surface area contributed by atoms with E-state index in [1.165, 1.54) is 4.90 Å². The fourth-order valence-corrected chi connectivity index (χ4v) is 6.30. The van der Waals surface area contributed by atoms with E-state index < -0.39 is 23.6 Å². The van der Waals surface area contributed by atoms with Crippen LogP contribution < -0.4 is 15.9 Å². The molecule has 0 radical (unpaired) electrons. The largest absolute Gasteiger partial charge is 0.496 e. The number of likely N-dealkylation sites (tertiary alicyclic amines) is 1. The van der Waals surface area contributed by atoms with Crippen LogP contribution in [0.1, 0.15) is 92.3 Å². The average molecular weight is 713 g/mol. The lowest BCUT2D eigenvalue weighted by Crippen LogP contribution is -2.47. The molecule has 2 aromatic heterocycles. The molecule has 12 heteroatoms. The van der Waals surface area contributed by atoms with Crippen molar-refractivity contribution in [1.29, 1.82) is 0 Å². The minimum Gasteiger partial charge on any atom is -0.496 e. The molecule has 0 spiro atoms. The van der Waals surface area contributed by atoms with Crippen LogP contribution in [-0.4, -0.2) is 64.7 Å². The molecule has 0 bridgehead atoms. The predicted octanol–water partition coefficient (Wildman–Crippen LogP) is 7.61. The number of carbonyl (C=O) groups is 3. The summed E-state index contributed by atoms with van der Waals surface area (Å²) in [5.41, 5.74) is 8.28. The Morgan fingerprint density at radius 1 is 1.22 bits per heavy atom. The van der Waals surface area contributed by atoms with Gasteiger partial charge >= 0.3 is 12.1 Å². The monoisotopic (exact) mass is 712 g/mol. The third-order valence-electron chi connectivity index (χ3n) is 8.13. The summed E-state index contributed by atoms with van der Waals surface area (Å²) in [5.74, 6) is 1.23. The Morgan fingerprint density at radius 2 is 1.88 bits per heavy atom. The Bertz CT molecular complexity index is 1670. The van der Waals surface area contributed by atoms with E-state index >= 15 is 0 Å². The minimum atomic E-state index is -0.550. The Balaban J connectivity index is 0.000000272. The highest BCUT2D eigenvalue weighted by atomic mass is 32.1. The summed E-state index contributed by atoms with van der Waals surface area (Å²) in [6, 6.07) is 4.71. The number of aromatic amines is 1. The normalized spacial score (nSPS) is 19.2. The zero-order valence-corrected chi connectivity index (χ0v) is 32.4. The summed E-state index contributed by atoms with van der Waals surface area (Å²) in [4.78, 5) is 55.8. The standard InChI is InChI=1S/C17H18N2O2S.C11H20N2O3.C8H12O2.C2H6/c1-9(2)13-8-22-17(19-13)12-7-14(20)11-5-6-15(21-4)10(3)16(11)18-12;1-7-5-6-13(8(7)9(12)14)10(15)16-11(2,3)4;1-3-6-5-7(6)8(9)10-4-2;1-2/h5-9H,1-4H3,(H,18,20);7-8H,5-6H2,1-4H3,(H2,12,14);3,6-7H,1,4-5H2,2H3;1-2H3. The van der Waals surface area contributed by atoms with Crippen LogP contribution >= 0.6 is 11.3 Å². The molecule has 1 aliphatic carbocycles. The van der Waals surface area contributed by atoms with E-state index in [0.717, 1.165) is 46.1 Å². The highest BCUT2D eigenvalue weighted by Gasteiger charge is 2.42. The number of amides is 2. The first-order chi connectivity index (χ1) is 23.5. The van der Waals surface area contributed by atoms with Crippen molar-refractivity contribution in [3.63, 3.8) is 0 Å². The van der Waals surface area contributed by atoms with Gasteiger partial charge in [0.2, 0.25) is 5.91 Å². The van der Waals surface area contributed by atoms with Gasteiger partial charge in [-0.15, -0.1) is 17.9 Å². The van der Waals surface area contributed by atoms with Crippen LogP contribution in [0, 0.1) is 24.7 Å². The van der Waals surface area contributed by atoms with Gasteiger partial charge in [-0.2, -0.15) is 0 Å². The molecule has 1 saturated heterocycles. The first-order valence-corrected chi connectivity index (χ1v) is 18.1. The molecule has 1 aromatic carbocycles. The van der Waals surface area contributed by atoms with Crippen LogP contribution in [0.2, 0.25) is 0 Å². The number of benzene rings is 1. The van der Waals surface area contributed by atoms with Crippen LogP contribution in [0.3, 0.4) is 0 Å². The van der Waals surface area contributed by atoms with Gasteiger partial charge < -0.3 is 24.9 Å². The number of fused-ring (bicyclic) bond motifs is 1. The maximum absolute atomic E-state index is 12.4. The van der Waals surface area contributed by atoms with Crippen molar-refractivity contribution in [3.05, 3.63) is 57.7 Å². The molecular formula is C38H56N4O7S. The lowest BCUT2D eigenvalue weighted by Gasteiger charge is -2.28. The number of esters is 1. The maximum atomic E-state index is 12.4. The molecule has 50 heavy (non-hydrogen) atoms. The lowest BCUT2D eigenvalue weighted by molar-refractivity contribution is -0.144. The van der Waals surface area contributed by atoms with E-state index in [4.69, 9.17) is 19.9 Å². The number of nitrogens with two attached hydrogens (primary N) is 1. The number of ether oxygens (including phenoxy) is 3. The molecule has 2 aliphatic rings. The number of nitrogens with one attached hydrogen (secondary N) is 1. The van der Waals surface area contributed by atoms with Gasteiger partial charge in [-0.3, -0.25) is 19.3 Å². The van der Waals surface area contributed by atoms with Gasteiger partial charge in [-0.25, -0.2) is 9.78 Å². The minimum absolute atomic E-state index is 0.00389. The van der Waals surface area contributed by atoms with Crippen LogP contribution in [0.5, 0.6) is 5.75 Å². The van der Waals surface area contributed by atoms with Crippen molar-refractivity contribution < 1.29 is 28.6 Å². The number of primary amides is 1. The molecule has 3 heterocycles. The predicted molar refractivity (Wildman–Crippen MR) is 201 cm³/mol. The topological polar surface area (TPSA) is 154 Å².